The molecule has 5 heteroatoms. The Morgan fingerprint density at radius 2 is 2.05 bits per heavy atom. The normalized spacial score (nSPS) is 26.4. The molecule has 0 radical (unpaired) electrons. The van der Waals surface area contributed by atoms with Crippen LogP contribution >= 0.6 is 27.7 Å². The van der Waals surface area contributed by atoms with Gasteiger partial charge in [-0.1, -0.05) is 29.8 Å². The number of nitrogens with zero attached hydrogens (tertiary/aromatic N) is 1. The van der Waals surface area contributed by atoms with Crippen LogP contribution in [0.4, 0.5) is 4.39 Å². The van der Waals surface area contributed by atoms with E-state index in [9.17, 15) is 4.39 Å². The Kier molecular flexibility index (Phi) is 5.29. The Morgan fingerprint density at radius 1 is 1.42 bits per heavy atom. The molecule has 3 unspecified atom stereocenters. The third kappa shape index (κ3) is 3.72. The van der Waals surface area contributed by atoms with Crippen LogP contribution in [0.5, 0.6) is 0 Å². The van der Waals surface area contributed by atoms with Gasteiger partial charge in [-0.25, -0.2) is 4.39 Å². The van der Waals surface area contributed by atoms with Gasteiger partial charge in [0.05, 0.1) is 0 Å². The molecule has 2 rings (SSSR count). The van der Waals surface area contributed by atoms with E-state index in [1.807, 2.05) is 11.8 Å². The Morgan fingerprint density at radius 3 is 2.63 bits per heavy atom. The fourth-order valence-electron chi connectivity index (χ4n) is 2.71. The second kappa shape index (κ2) is 6.57. The molecule has 1 fully saturated rings. The standard InChI is InChI=1S/C14H20BrFN2S/c1-9-7-18(8-10(2)19-9)14(6-17)12-5-11(16)3-4-13(12)15/h3-5,9-10,14H,6-8,17H2,1-2H3. The Hall–Kier alpha value is -0.100. The van der Waals surface area contributed by atoms with Crippen LogP contribution in [0.1, 0.15) is 25.5 Å². The molecule has 0 aliphatic carbocycles. The average Bonchev–Trinajstić information content (AvgIpc) is 2.33. The molecule has 2 nitrogen and oxygen atoms in total. The highest BCUT2D eigenvalue weighted by molar-refractivity contribution is 9.10. The topological polar surface area (TPSA) is 29.3 Å². The van der Waals surface area contributed by atoms with Gasteiger partial charge in [-0.15, -0.1) is 0 Å². The molecule has 0 amide bonds. The molecule has 106 valence electrons. The Bertz CT molecular complexity index is 433. The largest absolute Gasteiger partial charge is 0.329 e. The molecule has 0 aromatic heterocycles. The number of rotatable bonds is 3. The Balaban J connectivity index is 2.26. The van der Waals surface area contributed by atoms with E-state index in [0.717, 1.165) is 23.1 Å². The van der Waals surface area contributed by atoms with Crippen LogP contribution in [-0.2, 0) is 0 Å². The lowest BCUT2D eigenvalue weighted by atomic mass is 10.0. The van der Waals surface area contributed by atoms with Gasteiger partial charge in [-0.05, 0) is 23.8 Å². The van der Waals surface area contributed by atoms with Crippen molar-refractivity contribution in [2.24, 2.45) is 5.73 Å². The van der Waals surface area contributed by atoms with Crippen LogP contribution in [0.25, 0.3) is 0 Å². The van der Waals surface area contributed by atoms with Crippen LogP contribution in [-0.4, -0.2) is 35.0 Å². The zero-order valence-corrected chi connectivity index (χ0v) is 13.7. The molecular weight excluding hydrogens is 327 g/mol. The maximum Gasteiger partial charge on any atom is 0.123 e. The van der Waals surface area contributed by atoms with Gasteiger partial charge in [0.1, 0.15) is 5.82 Å². The molecule has 0 spiro atoms. The first-order valence-electron chi connectivity index (χ1n) is 6.55. The zero-order valence-electron chi connectivity index (χ0n) is 11.3. The zero-order chi connectivity index (χ0) is 14.0. The summed E-state index contributed by atoms with van der Waals surface area (Å²) in [5, 5.41) is 1.18. The second-order valence-electron chi connectivity index (χ2n) is 5.13. The van der Waals surface area contributed by atoms with Gasteiger partial charge in [0.15, 0.2) is 0 Å². The van der Waals surface area contributed by atoms with Crippen molar-refractivity contribution >= 4 is 27.7 Å². The molecule has 0 saturated carbocycles. The first-order valence-corrected chi connectivity index (χ1v) is 8.29. The maximum atomic E-state index is 13.5. The predicted molar refractivity (Wildman–Crippen MR) is 84.0 cm³/mol. The molecule has 3 atom stereocenters. The summed E-state index contributed by atoms with van der Waals surface area (Å²) in [5.74, 6) is -0.205. The smallest absolute Gasteiger partial charge is 0.123 e. The Labute approximate surface area is 127 Å². The van der Waals surface area contributed by atoms with Gasteiger partial charge < -0.3 is 5.73 Å². The summed E-state index contributed by atoms with van der Waals surface area (Å²) >= 11 is 5.52. The van der Waals surface area contributed by atoms with Crippen molar-refractivity contribution in [1.82, 2.24) is 4.90 Å². The van der Waals surface area contributed by atoms with E-state index in [1.165, 1.54) is 6.07 Å². The molecule has 1 saturated heterocycles. The molecular formula is C14H20BrFN2S. The monoisotopic (exact) mass is 346 g/mol. The van der Waals surface area contributed by atoms with Gasteiger partial charge >= 0.3 is 0 Å². The summed E-state index contributed by atoms with van der Waals surface area (Å²) in [4.78, 5) is 2.38. The second-order valence-corrected chi connectivity index (χ2v) is 7.86. The van der Waals surface area contributed by atoms with Crippen molar-refractivity contribution in [3.05, 3.63) is 34.1 Å². The molecule has 2 N–H and O–H groups in total. The van der Waals surface area contributed by atoms with E-state index in [2.05, 4.69) is 34.7 Å². The van der Waals surface area contributed by atoms with Gasteiger partial charge in [-0.2, -0.15) is 11.8 Å². The number of hydrogen-bond acceptors (Lipinski definition) is 3. The highest BCUT2D eigenvalue weighted by atomic mass is 79.9. The third-order valence-electron chi connectivity index (χ3n) is 3.43. The fraction of sp³-hybridized carbons (Fsp3) is 0.571. The minimum atomic E-state index is -0.205. The first kappa shape index (κ1) is 15.3. The number of hydrogen-bond donors (Lipinski definition) is 1. The van der Waals surface area contributed by atoms with Crippen molar-refractivity contribution in [2.45, 2.75) is 30.4 Å². The number of benzene rings is 1. The van der Waals surface area contributed by atoms with Gasteiger partial charge in [0.2, 0.25) is 0 Å². The predicted octanol–water partition coefficient (Wildman–Crippen LogP) is 3.41. The van der Waals surface area contributed by atoms with Crippen molar-refractivity contribution in [1.29, 1.82) is 0 Å². The summed E-state index contributed by atoms with van der Waals surface area (Å²) in [7, 11) is 0. The molecule has 19 heavy (non-hydrogen) atoms. The van der Waals surface area contributed by atoms with E-state index in [-0.39, 0.29) is 11.9 Å². The van der Waals surface area contributed by atoms with Crippen molar-refractivity contribution in [3.63, 3.8) is 0 Å². The van der Waals surface area contributed by atoms with Gasteiger partial charge in [-0.3, -0.25) is 4.90 Å². The van der Waals surface area contributed by atoms with Crippen molar-refractivity contribution in [3.8, 4) is 0 Å². The van der Waals surface area contributed by atoms with Crippen LogP contribution in [0, 0.1) is 5.82 Å². The van der Waals surface area contributed by atoms with E-state index in [1.54, 1.807) is 12.1 Å². The molecule has 1 heterocycles. The van der Waals surface area contributed by atoms with E-state index < -0.39 is 0 Å². The lowest BCUT2D eigenvalue weighted by Gasteiger charge is -2.39. The van der Waals surface area contributed by atoms with Gasteiger partial charge in [0.25, 0.3) is 0 Å². The highest BCUT2D eigenvalue weighted by Gasteiger charge is 2.29. The summed E-state index contributed by atoms with van der Waals surface area (Å²) in [6.45, 7) is 6.98. The maximum absolute atomic E-state index is 13.5. The lowest BCUT2D eigenvalue weighted by Crippen LogP contribution is -2.44. The minimum absolute atomic E-state index is 0.0795. The molecule has 0 bridgehead atoms. The van der Waals surface area contributed by atoms with Crippen LogP contribution in [0.15, 0.2) is 22.7 Å². The highest BCUT2D eigenvalue weighted by Crippen LogP contribution is 2.33. The van der Waals surface area contributed by atoms with E-state index >= 15 is 0 Å². The van der Waals surface area contributed by atoms with Crippen LogP contribution in [0.3, 0.4) is 0 Å². The SMILES string of the molecule is CC1CN(C(CN)c2cc(F)ccc2Br)CC(C)S1. The molecule has 1 aliphatic rings. The molecule has 1 aromatic carbocycles. The van der Waals surface area contributed by atoms with Crippen molar-refractivity contribution in [2.75, 3.05) is 19.6 Å². The first-order chi connectivity index (χ1) is 9.01. The average molecular weight is 347 g/mol. The third-order valence-corrected chi connectivity index (χ3v) is 5.38. The lowest BCUT2D eigenvalue weighted by molar-refractivity contribution is 0.198. The van der Waals surface area contributed by atoms with Crippen LogP contribution in [0.2, 0.25) is 0 Å². The van der Waals surface area contributed by atoms with Crippen molar-refractivity contribution < 1.29 is 4.39 Å². The summed E-state index contributed by atoms with van der Waals surface area (Å²) < 4.78 is 14.4. The molecule has 1 aliphatic heterocycles. The summed E-state index contributed by atoms with van der Waals surface area (Å²) in [5.41, 5.74) is 6.91. The van der Waals surface area contributed by atoms with Crippen LogP contribution < -0.4 is 5.73 Å². The number of thioether (sulfide) groups is 1. The summed E-state index contributed by atoms with van der Waals surface area (Å²) in [6.07, 6.45) is 0. The number of nitrogens with two attached hydrogens (primary N) is 1. The molecule has 1 aromatic rings. The van der Waals surface area contributed by atoms with E-state index in [0.29, 0.717) is 17.0 Å². The number of halogens is 2. The minimum Gasteiger partial charge on any atom is -0.329 e. The summed E-state index contributed by atoms with van der Waals surface area (Å²) in [6, 6.07) is 4.91. The van der Waals surface area contributed by atoms with Gasteiger partial charge in [0, 0.05) is 40.6 Å². The fourth-order valence-corrected chi connectivity index (χ4v) is 4.57. The van der Waals surface area contributed by atoms with E-state index in [4.69, 9.17) is 5.73 Å². The quantitative estimate of drug-likeness (QED) is 0.909.